The molecule has 0 saturated carbocycles. The van der Waals surface area contributed by atoms with E-state index in [0.29, 0.717) is 6.61 Å². The van der Waals surface area contributed by atoms with Crippen LogP contribution in [-0.4, -0.2) is 22.2 Å². The molecular weight excluding hydrogens is 428 g/mol. The van der Waals surface area contributed by atoms with E-state index in [0.717, 1.165) is 50.5 Å². The minimum Gasteiger partial charge on any atom is -0.508 e. The molecule has 0 amide bonds. The van der Waals surface area contributed by atoms with Gasteiger partial charge in [-0.1, -0.05) is 40.2 Å². The van der Waals surface area contributed by atoms with Crippen molar-refractivity contribution in [2.75, 3.05) is 11.9 Å². The van der Waals surface area contributed by atoms with Crippen LogP contribution in [0.25, 0.3) is 33.0 Å². The fourth-order valence-corrected chi connectivity index (χ4v) is 4.42. The number of halogens is 1. The summed E-state index contributed by atoms with van der Waals surface area (Å²) in [7, 11) is 0. The lowest BCUT2D eigenvalue weighted by Crippen LogP contribution is -1.98. The number of hydrogen-bond donors (Lipinski definition) is 2. The summed E-state index contributed by atoms with van der Waals surface area (Å²) in [5.41, 5.74) is 6.82. The predicted molar refractivity (Wildman–Crippen MR) is 120 cm³/mol. The van der Waals surface area contributed by atoms with Gasteiger partial charge in [0.1, 0.15) is 17.2 Å². The normalized spacial score (nSPS) is 12.0. The molecule has 0 atom stereocenters. The first-order chi connectivity index (χ1) is 14.1. The third-order valence-electron chi connectivity index (χ3n) is 5.45. The molecule has 0 bridgehead atoms. The van der Waals surface area contributed by atoms with E-state index in [-0.39, 0.29) is 11.5 Å². The number of phenols is 2. The first kappa shape index (κ1) is 18.1. The maximum atomic E-state index is 10.2. The Hall–Kier alpha value is -2.98. The Labute approximate surface area is 177 Å². The number of alkyl halides is 1. The number of rotatable bonds is 4. The molecule has 0 spiro atoms. The first-order valence-corrected chi connectivity index (χ1v) is 10.7. The minimum atomic E-state index is 0.249. The fraction of sp³-hybridized carbons (Fsp3) is 0.120. The molecule has 5 rings (SSSR count). The third kappa shape index (κ3) is 3.14. The van der Waals surface area contributed by atoms with Crippen molar-refractivity contribution in [2.45, 2.75) is 6.42 Å². The summed E-state index contributed by atoms with van der Waals surface area (Å²) in [6, 6.07) is 21.4. The topological polar surface area (TPSA) is 49.7 Å². The Morgan fingerprint density at radius 1 is 0.862 bits per heavy atom. The van der Waals surface area contributed by atoms with Gasteiger partial charge in [0.15, 0.2) is 0 Å². The van der Waals surface area contributed by atoms with Crippen molar-refractivity contribution in [1.82, 2.24) is 0 Å². The summed E-state index contributed by atoms with van der Waals surface area (Å²) < 4.78 is 5.82. The van der Waals surface area contributed by atoms with Crippen LogP contribution in [0.4, 0.5) is 0 Å². The van der Waals surface area contributed by atoms with Crippen LogP contribution in [0.3, 0.4) is 0 Å². The van der Waals surface area contributed by atoms with Crippen LogP contribution in [0.1, 0.15) is 11.1 Å². The van der Waals surface area contributed by atoms with Gasteiger partial charge in [-0.25, -0.2) is 0 Å². The van der Waals surface area contributed by atoms with E-state index in [1.807, 2.05) is 36.4 Å². The molecule has 4 heteroatoms. The molecule has 0 saturated heterocycles. The molecule has 0 aliphatic heterocycles. The predicted octanol–water partition coefficient (Wildman–Crippen LogP) is 6.26. The van der Waals surface area contributed by atoms with Crippen LogP contribution < -0.4 is 4.74 Å². The summed E-state index contributed by atoms with van der Waals surface area (Å²) in [4.78, 5) is 0. The summed E-state index contributed by atoms with van der Waals surface area (Å²) >= 11 is 3.40. The average molecular weight is 447 g/mol. The molecular formula is C25H19BrO3. The molecule has 1 aliphatic rings. The van der Waals surface area contributed by atoms with Crippen LogP contribution in [0, 0.1) is 0 Å². The van der Waals surface area contributed by atoms with E-state index < -0.39 is 0 Å². The largest absolute Gasteiger partial charge is 0.508 e. The van der Waals surface area contributed by atoms with E-state index in [1.54, 1.807) is 12.1 Å². The van der Waals surface area contributed by atoms with Crippen molar-refractivity contribution in [3.63, 3.8) is 0 Å². The molecule has 0 unspecified atom stereocenters. The highest BCUT2D eigenvalue weighted by Crippen LogP contribution is 2.47. The Morgan fingerprint density at radius 2 is 1.69 bits per heavy atom. The smallest absolute Gasteiger partial charge is 0.119 e. The van der Waals surface area contributed by atoms with E-state index >= 15 is 0 Å². The molecule has 0 aromatic heterocycles. The molecule has 144 valence electrons. The zero-order valence-corrected chi connectivity index (χ0v) is 17.2. The lowest BCUT2D eigenvalue weighted by atomic mass is 9.89. The number of hydrogen-bond acceptors (Lipinski definition) is 3. The molecule has 2 N–H and O–H groups in total. The first-order valence-electron chi connectivity index (χ1n) is 9.54. The van der Waals surface area contributed by atoms with Crippen molar-refractivity contribution >= 4 is 26.7 Å². The van der Waals surface area contributed by atoms with Gasteiger partial charge in [-0.3, -0.25) is 0 Å². The van der Waals surface area contributed by atoms with Gasteiger partial charge < -0.3 is 14.9 Å². The number of phenolic OH excluding ortho intramolecular Hbond substituents is 2. The lowest BCUT2D eigenvalue weighted by Gasteiger charge is -2.15. The van der Waals surface area contributed by atoms with E-state index in [1.165, 1.54) is 11.1 Å². The number of fused-ring (bicyclic) bond motifs is 4. The highest BCUT2D eigenvalue weighted by Gasteiger charge is 2.24. The van der Waals surface area contributed by atoms with Crippen LogP contribution in [-0.2, 0) is 6.42 Å². The van der Waals surface area contributed by atoms with Gasteiger partial charge in [0.05, 0.1) is 6.61 Å². The zero-order valence-electron chi connectivity index (χ0n) is 15.7. The maximum Gasteiger partial charge on any atom is 0.119 e. The number of benzene rings is 4. The van der Waals surface area contributed by atoms with Gasteiger partial charge >= 0.3 is 0 Å². The Balaban J connectivity index is 1.78. The average Bonchev–Trinajstić information content (AvgIpc) is 3.07. The van der Waals surface area contributed by atoms with Crippen LogP contribution in [0.15, 0.2) is 66.7 Å². The second-order valence-electron chi connectivity index (χ2n) is 7.27. The lowest BCUT2D eigenvalue weighted by molar-refractivity contribution is 0.345. The molecule has 1 aliphatic carbocycles. The van der Waals surface area contributed by atoms with E-state index in [9.17, 15) is 10.2 Å². The monoisotopic (exact) mass is 446 g/mol. The number of aromatic hydroxyl groups is 2. The summed E-state index contributed by atoms with van der Waals surface area (Å²) in [5.74, 6) is 1.35. The molecule has 0 fully saturated rings. The van der Waals surface area contributed by atoms with Gasteiger partial charge in [0.25, 0.3) is 0 Å². The van der Waals surface area contributed by atoms with Gasteiger partial charge in [0.2, 0.25) is 0 Å². The van der Waals surface area contributed by atoms with Crippen molar-refractivity contribution < 1.29 is 14.9 Å². The van der Waals surface area contributed by atoms with Gasteiger partial charge in [-0.05, 0) is 93.0 Å². The Kier molecular flexibility index (Phi) is 4.44. The molecule has 3 nitrogen and oxygen atoms in total. The van der Waals surface area contributed by atoms with E-state index in [2.05, 4.69) is 34.1 Å². The second kappa shape index (κ2) is 7.12. The SMILES string of the molecule is Oc1ccc2c(c1)Cc1c-2cc2ccc(O)cc2c1-c1cccc(OCCBr)c1. The third-order valence-corrected chi connectivity index (χ3v) is 5.77. The highest BCUT2D eigenvalue weighted by molar-refractivity contribution is 9.09. The maximum absolute atomic E-state index is 10.2. The highest BCUT2D eigenvalue weighted by atomic mass is 79.9. The fourth-order valence-electron chi connectivity index (χ4n) is 4.26. The van der Waals surface area contributed by atoms with Gasteiger partial charge in [-0.15, -0.1) is 0 Å². The van der Waals surface area contributed by atoms with Crippen molar-refractivity contribution in [3.8, 4) is 39.5 Å². The van der Waals surface area contributed by atoms with Crippen LogP contribution >= 0.6 is 15.9 Å². The molecule has 4 aromatic rings. The van der Waals surface area contributed by atoms with E-state index in [4.69, 9.17) is 4.74 Å². The summed E-state index contributed by atoms with van der Waals surface area (Å²) in [6.07, 6.45) is 0.743. The summed E-state index contributed by atoms with van der Waals surface area (Å²) in [6.45, 7) is 0.600. The summed E-state index contributed by atoms with van der Waals surface area (Å²) in [5, 5.41) is 23.0. The van der Waals surface area contributed by atoms with Gasteiger partial charge in [0, 0.05) is 5.33 Å². The quantitative estimate of drug-likeness (QED) is 0.320. The zero-order chi connectivity index (χ0) is 20.0. The van der Waals surface area contributed by atoms with Gasteiger partial charge in [-0.2, -0.15) is 0 Å². The Morgan fingerprint density at radius 3 is 2.55 bits per heavy atom. The van der Waals surface area contributed by atoms with Crippen LogP contribution in [0.5, 0.6) is 17.2 Å². The van der Waals surface area contributed by atoms with Crippen molar-refractivity contribution in [2.24, 2.45) is 0 Å². The standard InChI is InChI=1S/C25H19BrO3/c26-8-9-29-20-3-1-2-16(11-20)25-22-14-19(28)5-4-15(22)12-23-21-7-6-18(27)10-17(21)13-24(23)25/h1-7,10-12,14,27-28H,8-9,13H2. The minimum absolute atomic E-state index is 0.249. The van der Waals surface area contributed by atoms with Crippen molar-refractivity contribution in [1.29, 1.82) is 0 Å². The van der Waals surface area contributed by atoms with Crippen molar-refractivity contribution in [3.05, 3.63) is 77.9 Å². The van der Waals surface area contributed by atoms with Crippen LogP contribution in [0.2, 0.25) is 0 Å². The Bertz CT molecular complexity index is 1250. The second-order valence-corrected chi connectivity index (χ2v) is 8.06. The molecule has 0 heterocycles. The molecule has 29 heavy (non-hydrogen) atoms. The number of ether oxygens (including phenoxy) is 1. The molecule has 4 aromatic carbocycles. The molecule has 0 radical (unpaired) electrons.